The molecule has 43 heavy (non-hydrogen) atoms. The van der Waals surface area contributed by atoms with Crippen molar-refractivity contribution in [1.29, 1.82) is 5.26 Å². The molecule has 0 unspecified atom stereocenters. The monoisotopic (exact) mass is 611 g/mol. The topological polar surface area (TPSA) is 116 Å². The van der Waals surface area contributed by atoms with E-state index in [0.29, 0.717) is 27.4 Å². The number of nitriles is 1. The van der Waals surface area contributed by atoms with E-state index in [1.807, 2.05) is 36.4 Å². The molecule has 1 aromatic heterocycles. The zero-order valence-corrected chi connectivity index (χ0v) is 25.1. The van der Waals surface area contributed by atoms with Crippen molar-refractivity contribution in [3.05, 3.63) is 118 Å². The molecule has 9 nitrogen and oxygen atoms in total. The van der Waals surface area contributed by atoms with Gasteiger partial charge in [0.2, 0.25) is 10.0 Å². The Morgan fingerprint density at radius 3 is 2.23 bits per heavy atom. The molecule has 2 amide bonds. The van der Waals surface area contributed by atoms with E-state index < -0.39 is 21.8 Å². The summed E-state index contributed by atoms with van der Waals surface area (Å²) >= 11 is 6.32. The number of carbonyl (C=O) groups excluding carboxylic acids is 2. The zero-order chi connectivity index (χ0) is 30.9. The fourth-order valence-electron chi connectivity index (χ4n) is 4.65. The molecule has 0 atom stereocenters. The van der Waals surface area contributed by atoms with Crippen LogP contribution in [0.4, 0.5) is 0 Å². The summed E-state index contributed by atoms with van der Waals surface area (Å²) in [5, 5.41) is 15.0. The molecule has 0 saturated heterocycles. The minimum atomic E-state index is -3.64. The number of amides is 2. The van der Waals surface area contributed by atoms with Gasteiger partial charge in [0.1, 0.15) is 11.6 Å². The zero-order valence-electron chi connectivity index (χ0n) is 23.5. The number of halogens is 1. The van der Waals surface area contributed by atoms with Crippen molar-refractivity contribution < 1.29 is 18.0 Å². The van der Waals surface area contributed by atoms with Crippen LogP contribution < -0.4 is 0 Å². The molecule has 0 bridgehead atoms. The molecule has 0 N–H and O–H groups in total. The smallest absolute Gasteiger partial charge is 0.269 e. The van der Waals surface area contributed by atoms with E-state index in [4.69, 9.17) is 16.7 Å². The number of nitrogens with zero attached hydrogens (tertiary/aromatic N) is 5. The number of hydrogen-bond donors (Lipinski definition) is 0. The fraction of sp³-hybridized carbons (Fsp3) is 0.125. The van der Waals surface area contributed by atoms with Crippen LogP contribution in [0.15, 0.2) is 107 Å². The number of para-hydroxylation sites is 1. The van der Waals surface area contributed by atoms with Crippen LogP contribution in [0.2, 0.25) is 5.02 Å². The predicted molar refractivity (Wildman–Crippen MR) is 163 cm³/mol. The van der Waals surface area contributed by atoms with Gasteiger partial charge in [-0.3, -0.25) is 14.5 Å². The summed E-state index contributed by atoms with van der Waals surface area (Å²) in [5.74, 6) is -1.27. The Balaban J connectivity index is 1.65. The minimum absolute atomic E-state index is 0.106. The summed E-state index contributed by atoms with van der Waals surface area (Å²) < 4.78 is 28.0. The summed E-state index contributed by atoms with van der Waals surface area (Å²) in [6.45, 7) is 1.46. The lowest BCUT2D eigenvalue weighted by Gasteiger charge is -2.27. The maximum Gasteiger partial charge on any atom is 0.271 e. The first-order chi connectivity index (χ1) is 20.5. The molecule has 4 aromatic rings. The molecule has 216 valence electrons. The Kier molecular flexibility index (Phi) is 8.15. The van der Waals surface area contributed by atoms with Crippen LogP contribution in [0.3, 0.4) is 0 Å². The molecular weight excluding hydrogens is 586 g/mol. The van der Waals surface area contributed by atoms with Gasteiger partial charge in [-0.15, -0.1) is 0 Å². The second-order valence-electron chi connectivity index (χ2n) is 9.98. The molecule has 0 saturated carbocycles. The Hall–Kier alpha value is -4.82. The van der Waals surface area contributed by atoms with Gasteiger partial charge in [0.05, 0.1) is 22.8 Å². The fourth-order valence-corrected chi connectivity index (χ4v) is 5.75. The molecule has 0 radical (unpaired) electrons. The Morgan fingerprint density at radius 2 is 1.60 bits per heavy atom. The van der Waals surface area contributed by atoms with E-state index in [0.717, 1.165) is 14.9 Å². The molecule has 1 aliphatic rings. The third-order valence-corrected chi connectivity index (χ3v) is 9.28. The summed E-state index contributed by atoms with van der Waals surface area (Å²) in [4.78, 5) is 28.2. The van der Waals surface area contributed by atoms with Crippen LogP contribution in [0.25, 0.3) is 23.0 Å². The van der Waals surface area contributed by atoms with Gasteiger partial charge in [-0.25, -0.2) is 17.4 Å². The second kappa shape index (κ2) is 11.8. The van der Waals surface area contributed by atoms with Crippen molar-refractivity contribution in [2.45, 2.75) is 18.4 Å². The molecule has 5 rings (SSSR count). The highest BCUT2D eigenvalue weighted by Gasteiger charge is 2.36. The van der Waals surface area contributed by atoms with Crippen molar-refractivity contribution >= 4 is 39.5 Å². The maximum absolute atomic E-state index is 13.8. The van der Waals surface area contributed by atoms with E-state index in [2.05, 4.69) is 0 Å². The lowest BCUT2D eigenvalue weighted by Crippen LogP contribution is -2.42. The molecule has 1 aliphatic heterocycles. The molecular formula is C32H26ClN5O4S. The SMILES string of the molecule is CC1=C(C#N)C(=O)N(Cc2ccccc2Cl)C(=O)/C1=C/c1cn(-c2ccccc2)nc1-c1ccc(S(=O)(=O)N(C)C)cc1. The molecule has 0 spiro atoms. The summed E-state index contributed by atoms with van der Waals surface area (Å²) in [6, 6.07) is 24.5. The number of imide groups is 1. The van der Waals surface area contributed by atoms with Crippen molar-refractivity contribution in [3.8, 4) is 23.0 Å². The largest absolute Gasteiger partial charge is 0.271 e. The third kappa shape index (κ3) is 5.66. The maximum atomic E-state index is 13.8. The minimum Gasteiger partial charge on any atom is -0.269 e. The first-order valence-corrected chi connectivity index (χ1v) is 15.0. The lowest BCUT2D eigenvalue weighted by molar-refractivity contribution is -0.141. The van der Waals surface area contributed by atoms with Gasteiger partial charge in [-0.1, -0.05) is 60.1 Å². The average molecular weight is 612 g/mol. The highest BCUT2D eigenvalue weighted by atomic mass is 35.5. The van der Waals surface area contributed by atoms with Gasteiger partial charge in [-0.2, -0.15) is 10.4 Å². The van der Waals surface area contributed by atoms with E-state index in [9.17, 15) is 23.3 Å². The van der Waals surface area contributed by atoms with Crippen molar-refractivity contribution in [1.82, 2.24) is 19.0 Å². The number of hydrogen-bond acceptors (Lipinski definition) is 6. The lowest BCUT2D eigenvalue weighted by atomic mass is 9.93. The van der Waals surface area contributed by atoms with Crippen LogP contribution in [0.5, 0.6) is 0 Å². The molecule has 3 aromatic carbocycles. The Labute approximate surface area is 254 Å². The van der Waals surface area contributed by atoms with E-state index in [1.54, 1.807) is 60.3 Å². The highest BCUT2D eigenvalue weighted by Crippen LogP contribution is 2.33. The Bertz CT molecular complexity index is 1950. The van der Waals surface area contributed by atoms with Crippen LogP contribution in [-0.4, -0.2) is 53.3 Å². The Morgan fingerprint density at radius 1 is 0.953 bits per heavy atom. The highest BCUT2D eigenvalue weighted by molar-refractivity contribution is 7.89. The van der Waals surface area contributed by atoms with Crippen molar-refractivity contribution in [2.75, 3.05) is 14.1 Å². The number of benzene rings is 3. The number of carbonyl (C=O) groups is 2. The molecule has 0 aliphatic carbocycles. The van der Waals surface area contributed by atoms with E-state index in [1.165, 1.54) is 26.2 Å². The predicted octanol–water partition coefficient (Wildman–Crippen LogP) is 5.24. The number of rotatable bonds is 7. The van der Waals surface area contributed by atoms with Gasteiger partial charge < -0.3 is 0 Å². The average Bonchev–Trinajstić information content (AvgIpc) is 3.43. The van der Waals surface area contributed by atoms with Crippen molar-refractivity contribution in [2.24, 2.45) is 0 Å². The summed E-state index contributed by atoms with van der Waals surface area (Å²) in [7, 11) is -0.723. The summed E-state index contributed by atoms with van der Waals surface area (Å²) in [5.41, 5.74) is 3.19. The number of sulfonamides is 1. The van der Waals surface area contributed by atoms with Gasteiger partial charge in [0, 0.05) is 42.0 Å². The third-order valence-electron chi connectivity index (χ3n) is 7.08. The molecule has 0 fully saturated rings. The van der Waals surface area contributed by atoms with Gasteiger partial charge >= 0.3 is 0 Å². The van der Waals surface area contributed by atoms with Crippen LogP contribution in [0, 0.1) is 11.3 Å². The second-order valence-corrected chi connectivity index (χ2v) is 12.5. The standard InChI is InChI=1S/C32H26ClN5O4S/c1-21-27(31(39)37(32(40)28(21)18-34)19-23-9-7-8-12-29(23)33)17-24-20-38(25-10-5-4-6-11-25)35-30(24)22-13-15-26(16-14-22)43(41,42)36(2)3/h4-17,20H,19H2,1-3H3/b27-17+. The van der Waals surface area contributed by atoms with Crippen molar-refractivity contribution in [3.63, 3.8) is 0 Å². The normalized spacial score (nSPS) is 15.0. The van der Waals surface area contributed by atoms with E-state index >= 15 is 0 Å². The van der Waals surface area contributed by atoms with Crippen LogP contribution >= 0.6 is 11.6 Å². The van der Waals surface area contributed by atoms with E-state index in [-0.39, 0.29) is 28.2 Å². The van der Waals surface area contributed by atoms with Gasteiger partial charge in [0.15, 0.2) is 0 Å². The number of aromatic nitrogens is 2. The van der Waals surface area contributed by atoms with Gasteiger partial charge in [-0.05, 0) is 54.5 Å². The first-order valence-electron chi connectivity index (χ1n) is 13.1. The quantitative estimate of drug-likeness (QED) is 0.209. The van der Waals surface area contributed by atoms with Gasteiger partial charge in [0.25, 0.3) is 11.8 Å². The van der Waals surface area contributed by atoms with Crippen LogP contribution in [-0.2, 0) is 26.2 Å². The first kappa shape index (κ1) is 29.7. The van der Waals surface area contributed by atoms with Crippen LogP contribution in [0.1, 0.15) is 18.1 Å². The summed E-state index contributed by atoms with van der Waals surface area (Å²) in [6.07, 6.45) is 3.34. The molecule has 2 heterocycles. The molecule has 11 heteroatoms.